The number of nitrogens with zero attached hydrogens (tertiary/aromatic N) is 1. The zero-order valence-electron chi connectivity index (χ0n) is 18.2. The predicted octanol–water partition coefficient (Wildman–Crippen LogP) is 4.29. The van der Waals surface area contributed by atoms with Crippen molar-refractivity contribution in [1.29, 1.82) is 0 Å². The van der Waals surface area contributed by atoms with Gasteiger partial charge in [0.15, 0.2) is 6.61 Å². The second kappa shape index (κ2) is 11.5. The molecule has 0 heterocycles. The van der Waals surface area contributed by atoms with Crippen LogP contribution >= 0.6 is 23.2 Å². The standard InChI is InChI=1S/C24H22Cl2N2O5S/c1-28(15-17-6-3-2-4-7-17)34(31,32)20-10-11-22(26)21(13-20)24(30)33-16-23(29)27-14-18-8-5-9-19(25)12-18/h2-13H,14-16H2,1H3,(H,27,29). The number of hydrogen-bond acceptors (Lipinski definition) is 5. The summed E-state index contributed by atoms with van der Waals surface area (Å²) in [5.74, 6) is -1.44. The first-order valence-corrected chi connectivity index (χ1v) is 12.3. The highest BCUT2D eigenvalue weighted by Crippen LogP contribution is 2.24. The van der Waals surface area contributed by atoms with E-state index in [0.717, 1.165) is 17.2 Å². The number of halogens is 2. The molecule has 7 nitrogen and oxygen atoms in total. The summed E-state index contributed by atoms with van der Waals surface area (Å²) in [6.45, 7) is -0.196. The summed E-state index contributed by atoms with van der Waals surface area (Å²) in [4.78, 5) is 24.5. The molecule has 0 saturated heterocycles. The first-order valence-electron chi connectivity index (χ1n) is 10.1. The van der Waals surface area contributed by atoms with E-state index >= 15 is 0 Å². The van der Waals surface area contributed by atoms with Crippen molar-refractivity contribution >= 4 is 45.1 Å². The molecule has 0 saturated carbocycles. The average Bonchev–Trinajstić information content (AvgIpc) is 2.82. The number of carbonyl (C=O) groups is 2. The van der Waals surface area contributed by atoms with Crippen molar-refractivity contribution < 1.29 is 22.7 Å². The highest BCUT2D eigenvalue weighted by atomic mass is 35.5. The average molecular weight is 521 g/mol. The molecule has 0 bridgehead atoms. The molecule has 34 heavy (non-hydrogen) atoms. The Hall–Kier alpha value is -2.91. The van der Waals surface area contributed by atoms with Crippen LogP contribution in [0.15, 0.2) is 77.7 Å². The first-order chi connectivity index (χ1) is 16.2. The van der Waals surface area contributed by atoms with E-state index in [1.807, 2.05) is 30.3 Å². The van der Waals surface area contributed by atoms with Crippen LogP contribution in [0.5, 0.6) is 0 Å². The van der Waals surface area contributed by atoms with E-state index in [-0.39, 0.29) is 28.6 Å². The van der Waals surface area contributed by atoms with Gasteiger partial charge >= 0.3 is 5.97 Å². The molecule has 0 aliphatic heterocycles. The SMILES string of the molecule is CN(Cc1ccccc1)S(=O)(=O)c1ccc(Cl)c(C(=O)OCC(=O)NCc2cccc(Cl)c2)c1. The Labute approximate surface area is 208 Å². The Bertz CT molecular complexity index is 1280. The van der Waals surface area contributed by atoms with Crippen molar-refractivity contribution in [1.82, 2.24) is 9.62 Å². The van der Waals surface area contributed by atoms with Crippen molar-refractivity contribution in [2.24, 2.45) is 0 Å². The molecule has 0 spiro atoms. The lowest BCUT2D eigenvalue weighted by atomic mass is 10.2. The third kappa shape index (κ3) is 6.80. The molecule has 0 radical (unpaired) electrons. The van der Waals surface area contributed by atoms with E-state index in [9.17, 15) is 18.0 Å². The lowest BCUT2D eigenvalue weighted by molar-refractivity contribution is -0.124. The maximum absolute atomic E-state index is 13.0. The van der Waals surface area contributed by atoms with E-state index < -0.39 is 28.5 Å². The third-order valence-corrected chi connectivity index (χ3v) is 7.19. The number of carbonyl (C=O) groups excluding carboxylic acids is 2. The van der Waals surface area contributed by atoms with Gasteiger partial charge in [0.2, 0.25) is 10.0 Å². The van der Waals surface area contributed by atoms with E-state index in [1.165, 1.54) is 23.5 Å². The van der Waals surface area contributed by atoms with Gasteiger partial charge in [-0.25, -0.2) is 13.2 Å². The zero-order valence-corrected chi connectivity index (χ0v) is 20.5. The Morgan fingerprint density at radius 2 is 1.65 bits per heavy atom. The molecule has 0 unspecified atom stereocenters. The fourth-order valence-electron chi connectivity index (χ4n) is 3.03. The van der Waals surface area contributed by atoms with Crippen molar-refractivity contribution in [2.75, 3.05) is 13.7 Å². The van der Waals surface area contributed by atoms with Gasteiger partial charge in [-0.05, 0) is 41.5 Å². The van der Waals surface area contributed by atoms with Crippen molar-refractivity contribution in [3.05, 3.63) is 99.5 Å². The minimum atomic E-state index is -3.91. The van der Waals surface area contributed by atoms with E-state index in [2.05, 4.69) is 5.32 Å². The van der Waals surface area contributed by atoms with Crippen LogP contribution in [0.2, 0.25) is 10.0 Å². The number of hydrogen-bond donors (Lipinski definition) is 1. The predicted molar refractivity (Wildman–Crippen MR) is 130 cm³/mol. The fraction of sp³-hybridized carbons (Fsp3) is 0.167. The number of ether oxygens (including phenoxy) is 1. The lowest BCUT2D eigenvalue weighted by Gasteiger charge is -2.18. The first kappa shape index (κ1) is 25.7. The number of sulfonamides is 1. The van der Waals surface area contributed by atoms with Crippen LogP contribution in [0.3, 0.4) is 0 Å². The summed E-state index contributed by atoms with van der Waals surface area (Å²) < 4.78 is 32.2. The number of benzene rings is 3. The van der Waals surface area contributed by atoms with Gasteiger partial charge in [-0.15, -0.1) is 0 Å². The normalized spacial score (nSPS) is 11.3. The van der Waals surface area contributed by atoms with Gasteiger partial charge in [0, 0.05) is 25.2 Å². The van der Waals surface area contributed by atoms with E-state index in [1.54, 1.807) is 24.3 Å². The molecular weight excluding hydrogens is 499 g/mol. The molecule has 0 aliphatic carbocycles. The maximum Gasteiger partial charge on any atom is 0.340 e. The molecule has 0 atom stereocenters. The molecule has 0 aromatic heterocycles. The van der Waals surface area contributed by atoms with Gasteiger partial charge in [0.25, 0.3) is 5.91 Å². The second-order valence-corrected chi connectivity index (χ2v) is 10.3. The molecule has 0 fully saturated rings. The van der Waals surface area contributed by atoms with Crippen molar-refractivity contribution in [3.63, 3.8) is 0 Å². The molecule has 1 amide bonds. The summed E-state index contributed by atoms with van der Waals surface area (Å²) in [7, 11) is -2.46. The van der Waals surface area contributed by atoms with E-state index in [4.69, 9.17) is 27.9 Å². The number of rotatable bonds is 9. The van der Waals surface area contributed by atoms with Gasteiger partial charge in [-0.1, -0.05) is 65.7 Å². The summed E-state index contributed by atoms with van der Waals surface area (Å²) in [6.07, 6.45) is 0. The van der Waals surface area contributed by atoms with Crippen LogP contribution in [-0.2, 0) is 32.6 Å². The minimum absolute atomic E-state index is 0.00833. The Balaban J connectivity index is 1.64. The van der Waals surface area contributed by atoms with Crippen LogP contribution in [0.4, 0.5) is 0 Å². The van der Waals surface area contributed by atoms with E-state index in [0.29, 0.717) is 5.02 Å². The molecule has 3 rings (SSSR count). The largest absolute Gasteiger partial charge is 0.452 e. The third-order valence-electron chi connectivity index (χ3n) is 4.83. The maximum atomic E-state index is 13.0. The highest BCUT2D eigenvalue weighted by molar-refractivity contribution is 7.89. The molecule has 3 aromatic rings. The van der Waals surface area contributed by atoms with Gasteiger partial charge in [0.05, 0.1) is 15.5 Å². The summed E-state index contributed by atoms with van der Waals surface area (Å²) in [5, 5.41) is 3.16. The lowest BCUT2D eigenvalue weighted by Crippen LogP contribution is -2.28. The summed E-state index contributed by atoms with van der Waals surface area (Å²) in [6, 6.07) is 19.8. The van der Waals surface area contributed by atoms with Gasteiger partial charge in [0.1, 0.15) is 0 Å². The molecule has 0 aliphatic rings. The summed E-state index contributed by atoms with van der Waals surface area (Å²) in [5.41, 5.74) is 1.44. The second-order valence-electron chi connectivity index (χ2n) is 7.37. The van der Waals surface area contributed by atoms with Crippen molar-refractivity contribution in [2.45, 2.75) is 18.0 Å². The van der Waals surface area contributed by atoms with Crippen LogP contribution < -0.4 is 5.32 Å². The monoisotopic (exact) mass is 520 g/mol. The molecule has 10 heteroatoms. The van der Waals surface area contributed by atoms with Gasteiger partial charge < -0.3 is 10.1 Å². The highest BCUT2D eigenvalue weighted by Gasteiger charge is 2.24. The smallest absolute Gasteiger partial charge is 0.340 e. The minimum Gasteiger partial charge on any atom is -0.452 e. The van der Waals surface area contributed by atoms with Gasteiger partial charge in [-0.3, -0.25) is 4.79 Å². The van der Waals surface area contributed by atoms with Crippen LogP contribution in [0, 0.1) is 0 Å². The topological polar surface area (TPSA) is 92.8 Å². The van der Waals surface area contributed by atoms with Crippen molar-refractivity contribution in [3.8, 4) is 0 Å². The van der Waals surface area contributed by atoms with Crippen LogP contribution in [0.1, 0.15) is 21.5 Å². The Kier molecular flexibility index (Phi) is 8.68. The van der Waals surface area contributed by atoms with Crippen LogP contribution in [0.25, 0.3) is 0 Å². The Morgan fingerprint density at radius 1 is 0.941 bits per heavy atom. The molecule has 178 valence electrons. The molecule has 1 N–H and O–H groups in total. The number of esters is 1. The zero-order chi connectivity index (χ0) is 24.7. The quantitative estimate of drug-likeness (QED) is 0.425. The number of nitrogens with one attached hydrogen (secondary N) is 1. The van der Waals surface area contributed by atoms with Crippen LogP contribution in [-0.4, -0.2) is 38.3 Å². The van der Waals surface area contributed by atoms with Gasteiger partial charge in [-0.2, -0.15) is 4.31 Å². The summed E-state index contributed by atoms with van der Waals surface area (Å²) >= 11 is 12.0. The molecular formula is C24H22Cl2N2O5S. The Morgan fingerprint density at radius 3 is 2.35 bits per heavy atom. The number of amides is 1. The fourth-order valence-corrected chi connectivity index (χ4v) is 4.63. The molecule has 3 aromatic carbocycles.